The summed E-state index contributed by atoms with van der Waals surface area (Å²) in [7, 11) is 2.03. The highest BCUT2D eigenvalue weighted by molar-refractivity contribution is 5.75. The van der Waals surface area contributed by atoms with Gasteiger partial charge in [0.05, 0.1) is 17.6 Å². The quantitative estimate of drug-likeness (QED) is 0.722. The lowest BCUT2D eigenvalue weighted by Gasteiger charge is -2.11. The Morgan fingerprint density at radius 1 is 1.14 bits per heavy atom. The Morgan fingerprint density at radius 3 is 2.67 bits per heavy atom. The van der Waals surface area contributed by atoms with E-state index < -0.39 is 0 Å². The molecule has 0 amide bonds. The van der Waals surface area contributed by atoms with Crippen LogP contribution in [0.1, 0.15) is 17.0 Å². The third-order valence-corrected chi connectivity index (χ3v) is 3.86. The zero-order valence-electron chi connectivity index (χ0n) is 12.5. The van der Waals surface area contributed by atoms with E-state index in [2.05, 4.69) is 20.9 Å². The summed E-state index contributed by atoms with van der Waals surface area (Å²) in [4.78, 5) is 4.65. The number of phenolic OH excluding ortho intramolecular Hbond substituents is 1. The number of anilines is 1. The Kier molecular flexibility index (Phi) is 3.29. The molecule has 0 saturated carbocycles. The maximum atomic E-state index is 9.70. The van der Waals surface area contributed by atoms with Crippen LogP contribution in [0.4, 0.5) is 5.69 Å². The number of hydrogen-bond donors (Lipinski definition) is 2. The van der Waals surface area contributed by atoms with Gasteiger partial charge in [-0.2, -0.15) is 0 Å². The molecule has 0 bridgehead atoms. The summed E-state index contributed by atoms with van der Waals surface area (Å²) < 4.78 is 2.10. The molecule has 0 radical (unpaired) electrons. The van der Waals surface area contributed by atoms with Gasteiger partial charge in [0.2, 0.25) is 0 Å². The molecule has 21 heavy (non-hydrogen) atoms. The van der Waals surface area contributed by atoms with Crippen molar-refractivity contribution in [2.75, 3.05) is 5.32 Å². The standard InChI is InChI=1S/C17H19N3O/c1-11-9-16(21)12(2)8-14(11)18-10-17-19-13-6-4-5-7-15(13)20(17)3/h4-9,18,21H,10H2,1-3H3. The molecule has 0 unspecified atom stereocenters. The Hall–Kier alpha value is -2.49. The molecule has 0 fully saturated rings. The first kappa shape index (κ1) is 13.5. The summed E-state index contributed by atoms with van der Waals surface area (Å²) in [6.45, 7) is 4.53. The predicted molar refractivity (Wildman–Crippen MR) is 85.6 cm³/mol. The van der Waals surface area contributed by atoms with Gasteiger partial charge < -0.3 is 15.0 Å². The number of phenols is 1. The predicted octanol–water partition coefficient (Wildman–Crippen LogP) is 3.51. The molecule has 0 aliphatic rings. The minimum atomic E-state index is 0.334. The first-order chi connectivity index (χ1) is 10.1. The second kappa shape index (κ2) is 5.13. The van der Waals surface area contributed by atoms with E-state index in [-0.39, 0.29) is 0 Å². The summed E-state index contributed by atoms with van der Waals surface area (Å²) in [5.41, 5.74) is 5.06. The zero-order chi connectivity index (χ0) is 15.0. The fourth-order valence-electron chi connectivity index (χ4n) is 2.52. The number of nitrogens with zero attached hydrogens (tertiary/aromatic N) is 2. The summed E-state index contributed by atoms with van der Waals surface area (Å²) >= 11 is 0. The third kappa shape index (κ3) is 2.44. The molecule has 2 N–H and O–H groups in total. The normalized spacial score (nSPS) is 11.0. The van der Waals surface area contributed by atoms with E-state index in [0.717, 1.165) is 33.7 Å². The Morgan fingerprint density at radius 2 is 1.90 bits per heavy atom. The first-order valence-corrected chi connectivity index (χ1v) is 7.00. The van der Waals surface area contributed by atoms with E-state index in [1.807, 2.05) is 45.2 Å². The van der Waals surface area contributed by atoms with Crippen molar-refractivity contribution in [3.63, 3.8) is 0 Å². The highest BCUT2D eigenvalue weighted by Crippen LogP contribution is 2.25. The number of rotatable bonds is 3. The van der Waals surface area contributed by atoms with Gasteiger partial charge in [0.25, 0.3) is 0 Å². The van der Waals surface area contributed by atoms with Crippen LogP contribution in [0.15, 0.2) is 36.4 Å². The molecule has 4 heteroatoms. The van der Waals surface area contributed by atoms with Crippen molar-refractivity contribution in [1.82, 2.24) is 9.55 Å². The highest BCUT2D eigenvalue weighted by Gasteiger charge is 2.08. The maximum Gasteiger partial charge on any atom is 0.128 e. The number of imidazole rings is 1. The minimum Gasteiger partial charge on any atom is -0.508 e. The van der Waals surface area contributed by atoms with Crippen molar-refractivity contribution in [2.24, 2.45) is 7.05 Å². The van der Waals surface area contributed by atoms with E-state index in [4.69, 9.17) is 0 Å². The van der Waals surface area contributed by atoms with Crippen LogP contribution in [0.5, 0.6) is 5.75 Å². The van der Waals surface area contributed by atoms with Crippen molar-refractivity contribution in [2.45, 2.75) is 20.4 Å². The lowest BCUT2D eigenvalue weighted by Crippen LogP contribution is -2.07. The van der Waals surface area contributed by atoms with Crippen LogP contribution >= 0.6 is 0 Å². The van der Waals surface area contributed by atoms with Crippen LogP contribution < -0.4 is 5.32 Å². The van der Waals surface area contributed by atoms with E-state index in [1.165, 1.54) is 0 Å². The van der Waals surface area contributed by atoms with Gasteiger partial charge in [0.1, 0.15) is 11.6 Å². The summed E-state index contributed by atoms with van der Waals surface area (Å²) in [6, 6.07) is 11.9. The van der Waals surface area contributed by atoms with Gasteiger partial charge in [-0.25, -0.2) is 4.98 Å². The molecule has 0 aliphatic heterocycles. The molecule has 0 aliphatic carbocycles. The average Bonchev–Trinajstić information content (AvgIpc) is 2.79. The molecule has 1 heterocycles. The van der Waals surface area contributed by atoms with Crippen molar-refractivity contribution in [3.05, 3.63) is 53.3 Å². The second-order valence-electron chi connectivity index (χ2n) is 5.38. The van der Waals surface area contributed by atoms with Crippen molar-refractivity contribution in [3.8, 4) is 5.75 Å². The molecule has 0 atom stereocenters. The topological polar surface area (TPSA) is 50.1 Å². The van der Waals surface area contributed by atoms with E-state index in [1.54, 1.807) is 6.07 Å². The number of aryl methyl sites for hydroxylation is 3. The second-order valence-corrected chi connectivity index (χ2v) is 5.38. The summed E-state index contributed by atoms with van der Waals surface area (Å²) in [5.74, 6) is 1.32. The third-order valence-electron chi connectivity index (χ3n) is 3.86. The molecular formula is C17H19N3O. The molecule has 108 valence electrons. The van der Waals surface area contributed by atoms with Gasteiger partial charge in [-0.05, 0) is 49.2 Å². The fourth-order valence-corrected chi connectivity index (χ4v) is 2.52. The highest BCUT2D eigenvalue weighted by atomic mass is 16.3. The molecule has 1 aromatic heterocycles. The molecular weight excluding hydrogens is 262 g/mol. The smallest absolute Gasteiger partial charge is 0.128 e. The zero-order valence-corrected chi connectivity index (χ0v) is 12.5. The van der Waals surface area contributed by atoms with Gasteiger partial charge >= 0.3 is 0 Å². The molecule has 0 saturated heterocycles. The van der Waals surface area contributed by atoms with E-state index in [0.29, 0.717) is 12.3 Å². The number of aromatic hydroxyl groups is 1. The minimum absolute atomic E-state index is 0.334. The number of hydrogen-bond acceptors (Lipinski definition) is 3. The van der Waals surface area contributed by atoms with Crippen LogP contribution in [0.3, 0.4) is 0 Å². The van der Waals surface area contributed by atoms with Gasteiger partial charge in [0.15, 0.2) is 0 Å². The van der Waals surface area contributed by atoms with Crippen LogP contribution in [0, 0.1) is 13.8 Å². The maximum absolute atomic E-state index is 9.70. The number of nitrogens with one attached hydrogen (secondary N) is 1. The van der Waals surface area contributed by atoms with Gasteiger partial charge in [-0.1, -0.05) is 12.1 Å². The summed E-state index contributed by atoms with van der Waals surface area (Å²) in [6.07, 6.45) is 0. The fraction of sp³-hybridized carbons (Fsp3) is 0.235. The number of aromatic nitrogens is 2. The van der Waals surface area contributed by atoms with Gasteiger partial charge in [-0.15, -0.1) is 0 Å². The van der Waals surface area contributed by atoms with Crippen molar-refractivity contribution >= 4 is 16.7 Å². The first-order valence-electron chi connectivity index (χ1n) is 7.00. The lowest BCUT2D eigenvalue weighted by molar-refractivity contribution is 0.471. The van der Waals surface area contributed by atoms with Crippen molar-refractivity contribution in [1.29, 1.82) is 0 Å². The average molecular weight is 281 g/mol. The lowest BCUT2D eigenvalue weighted by atomic mass is 10.1. The number of para-hydroxylation sites is 2. The SMILES string of the molecule is Cc1cc(NCc2nc3ccccc3n2C)c(C)cc1O. The molecule has 3 rings (SSSR count). The molecule has 3 aromatic rings. The van der Waals surface area contributed by atoms with E-state index in [9.17, 15) is 5.11 Å². The largest absolute Gasteiger partial charge is 0.508 e. The van der Waals surface area contributed by atoms with Crippen LogP contribution in [0.25, 0.3) is 11.0 Å². The molecule has 2 aromatic carbocycles. The Bertz CT molecular complexity index is 805. The van der Waals surface area contributed by atoms with Crippen LogP contribution in [-0.4, -0.2) is 14.7 Å². The van der Waals surface area contributed by atoms with Crippen LogP contribution in [0.2, 0.25) is 0 Å². The Balaban J connectivity index is 1.87. The Labute approximate surface area is 124 Å². The summed E-state index contributed by atoms with van der Waals surface area (Å²) in [5, 5.41) is 13.1. The van der Waals surface area contributed by atoms with Gasteiger partial charge in [-0.3, -0.25) is 0 Å². The number of fused-ring (bicyclic) bond motifs is 1. The number of benzene rings is 2. The van der Waals surface area contributed by atoms with Gasteiger partial charge in [0, 0.05) is 12.7 Å². The van der Waals surface area contributed by atoms with Crippen LogP contribution in [-0.2, 0) is 13.6 Å². The van der Waals surface area contributed by atoms with E-state index >= 15 is 0 Å². The molecule has 4 nitrogen and oxygen atoms in total. The monoisotopic (exact) mass is 281 g/mol. The molecule has 0 spiro atoms. The van der Waals surface area contributed by atoms with Crippen molar-refractivity contribution < 1.29 is 5.11 Å².